The van der Waals surface area contributed by atoms with Crippen LogP contribution in [0.4, 0.5) is 5.00 Å². The molecule has 0 radical (unpaired) electrons. The average Bonchev–Trinajstić information content (AvgIpc) is 2.97. The van der Waals surface area contributed by atoms with Gasteiger partial charge in [0, 0.05) is 16.1 Å². The van der Waals surface area contributed by atoms with E-state index in [4.69, 9.17) is 9.47 Å². The minimum Gasteiger partial charge on any atom is -0.493 e. The zero-order chi connectivity index (χ0) is 17.1. The van der Waals surface area contributed by atoms with Gasteiger partial charge in [-0.05, 0) is 49.4 Å². The van der Waals surface area contributed by atoms with Gasteiger partial charge in [0.15, 0.2) is 11.5 Å². The third kappa shape index (κ3) is 2.98. The van der Waals surface area contributed by atoms with E-state index in [-0.39, 0.29) is 0 Å². The van der Waals surface area contributed by atoms with E-state index in [1.165, 1.54) is 16.9 Å². The molecule has 1 heterocycles. The van der Waals surface area contributed by atoms with Crippen molar-refractivity contribution in [3.63, 3.8) is 0 Å². The molecule has 2 aromatic rings. The Morgan fingerprint density at radius 1 is 1.21 bits per heavy atom. The first-order chi connectivity index (χ1) is 11.7. The molecule has 0 saturated heterocycles. The Morgan fingerprint density at radius 3 is 2.67 bits per heavy atom. The van der Waals surface area contributed by atoms with Crippen LogP contribution in [0, 0.1) is 11.3 Å². The predicted octanol–water partition coefficient (Wildman–Crippen LogP) is 4.60. The number of fused-ring (bicyclic) bond motifs is 1. The smallest absolute Gasteiger partial charge is 0.161 e. The normalized spacial score (nSPS) is 12.9. The SMILES string of the molecule is C=C(Nc1sc2c(c1C#N)CCCC2)c1ccc(OC)c(OC)c1. The molecule has 0 saturated carbocycles. The fraction of sp³-hybridized carbons (Fsp3) is 0.316. The van der Waals surface area contributed by atoms with E-state index < -0.39 is 0 Å². The minimum atomic E-state index is 0.656. The van der Waals surface area contributed by atoms with Crippen LogP contribution < -0.4 is 14.8 Å². The maximum atomic E-state index is 9.55. The summed E-state index contributed by atoms with van der Waals surface area (Å²) in [6.07, 6.45) is 4.43. The van der Waals surface area contributed by atoms with Gasteiger partial charge in [-0.1, -0.05) is 6.58 Å². The van der Waals surface area contributed by atoms with Crippen LogP contribution in [-0.4, -0.2) is 14.2 Å². The standard InChI is InChI=1S/C19H20N2O2S/c1-12(13-8-9-16(22-2)17(10-13)23-3)21-19-15(11-20)14-6-4-5-7-18(14)24-19/h8-10,21H,1,4-7H2,2-3H3. The molecule has 0 spiro atoms. The summed E-state index contributed by atoms with van der Waals surface area (Å²) in [5.74, 6) is 1.34. The van der Waals surface area contributed by atoms with Gasteiger partial charge in [0.2, 0.25) is 0 Å². The quantitative estimate of drug-likeness (QED) is 0.864. The Balaban J connectivity index is 1.88. The van der Waals surface area contributed by atoms with Gasteiger partial charge in [-0.3, -0.25) is 0 Å². The fourth-order valence-electron chi connectivity index (χ4n) is 3.01. The molecule has 3 rings (SSSR count). The van der Waals surface area contributed by atoms with Crippen molar-refractivity contribution in [2.75, 3.05) is 19.5 Å². The highest BCUT2D eigenvalue weighted by Gasteiger charge is 2.21. The van der Waals surface area contributed by atoms with Crippen molar-refractivity contribution in [3.8, 4) is 17.6 Å². The molecule has 0 aliphatic heterocycles. The van der Waals surface area contributed by atoms with Crippen LogP contribution in [0.1, 0.15) is 34.4 Å². The molecule has 5 heteroatoms. The van der Waals surface area contributed by atoms with Gasteiger partial charge in [-0.2, -0.15) is 5.26 Å². The number of thiophene rings is 1. The van der Waals surface area contributed by atoms with Crippen LogP contribution in [0.15, 0.2) is 24.8 Å². The number of anilines is 1. The first-order valence-corrected chi connectivity index (χ1v) is 8.72. The van der Waals surface area contributed by atoms with Crippen molar-refractivity contribution >= 4 is 22.0 Å². The zero-order valence-electron chi connectivity index (χ0n) is 13.9. The number of aryl methyl sites for hydroxylation is 1. The number of ether oxygens (including phenoxy) is 2. The molecule has 0 fully saturated rings. The van der Waals surface area contributed by atoms with Crippen molar-refractivity contribution in [1.29, 1.82) is 5.26 Å². The zero-order valence-corrected chi connectivity index (χ0v) is 14.8. The van der Waals surface area contributed by atoms with Crippen molar-refractivity contribution in [3.05, 3.63) is 46.3 Å². The number of nitrogens with one attached hydrogen (secondary N) is 1. The molecule has 1 aliphatic rings. The monoisotopic (exact) mass is 340 g/mol. The molecule has 124 valence electrons. The highest BCUT2D eigenvalue weighted by atomic mass is 32.1. The summed E-state index contributed by atoms with van der Waals surface area (Å²) in [5.41, 5.74) is 3.64. The summed E-state index contributed by atoms with van der Waals surface area (Å²) >= 11 is 1.68. The third-order valence-electron chi connectivity index (χ3n) is 4.28. The highest BCUT2D eigenvalue weighted by molar-refractivity contribution is 7.16. The molecule has 1 N–H and O–H groups in total. The maximum Gasteiger partial charge on any atom is 0.161 e. The van der Waals surface area contributed by atoms with E-state index in [9.17, 15) is 5.26 Å². The molecule has 24 heavy (non-hydrogen) atoms. The summed E-state index contributed by atoms with van der Waals surface area (Å²) in [5, 5.41) is 13.8. The Bertz CT molecular complexity index is 818. The molecule has 0 atom stereocenters. The summed E-state index contributed by atoms with van der Waals surface area (Å²) in [4.78, 5) is 1.33. The first-order valence-electron chi connectivity index (χ1n) is 7.91. The fourth-order valence-corrected chi connectivity index (χ4v) is 4.27. The Morgan fingerprint density at radius 2 is 1.96 bits per heavy atom. The maximum absolute atomic E-state index is 9.55. The van der Waals surface area contributed by atoms with Crippen molar-refractivity contribution in [2.24, 2.45) is 0 Å². The van der Waals surface area contributed by atoms with Crippen molar-refractivity contribution < 1.29 is 9.47 Å². The second-order valence-electron chi connectivity index (χ2n) is 5.70. The molecular formula is C19H20N2O2S. The molecule has 0 bridgehead atoms. The number of hydrogen-bond donors (Lipinski definition) is 1. The predicted molar refractivity (Wildman–Crippen MR) is 97.9 cm³/mol. The summed E-state index contributed by atoms with van der Waals surface area (Å²) in [7, 11) is 3.22. The van der Waals surface area contributed by atoms with E-state index in [0.717, 1.165) is 41.1 Å². The van der Waals surface area contributed by atoms with Crippen LogP contribution in [0.25, 0.3) is 5.70 Å². The molecule has 1 aliphatic carbocycles. The first kappa shape index (κ1) is 16.4. The number of methoxy groups -OCH3 is 2. The molecule has 0 amide bonds. The number of rotatable bonds is 5. The van der Waals surface area contributed by atoms with Gasteiger partial charge in [-0.15, -0.1) is 11.3 Å². The largest absolute Gasteiger partial charge is 0.493 e. The third-order valence-corrected chi connectivity index (χ3v) is 5.49. The van der Waals surface area contributed by atoms with E-state index in [1.807, 2.05) is 18.2 Å². The van der Waals surface area contributed by atoms with Gasteiger partial charge in [0.1, 0.15) is 11.1 Å². The van der Waals surface area contributed by atoms with Gasteiger partial charge in [0.05, 0.1) is 19.8 Å². The van der Waals surface area contributed by atoms with Gasteiger partial charge < -0.3 is 14.8 Å². The van der Waals surface area contributed by atoms with Crippen molar-refractivity contribution in [1.82, 2.24) is 0 Å². The number of nitrogens with zero attached hydrogens (tertiary/aromatic N) is 1. The highest BCUT2D eigenvalue weighted by Crippen LogP contribution is 2.39. The molecule has 1 aromatic heterocycles. The van der Waals surface area contributed by atoms with Crippen LogP contribution in [0.3, 0.4) is 0 Å². The van der Waals surface area contributed by atoms with Gasteiger partial charge >= 0.3 is 0 Å². The van der Waals surface area contributed by atoms with Gasteiger partial charge in [0.25, 0.3) is 0 Å². The second kappa shape index (κ2) is 6.98. The summed E-state index contributed by atoms with van der Waals surface area (Å²) in [6, 6.07) is 8.03. The average molecular weight is 340 g/mol. The van der Waals surface area contributed by atoms with E-state index in [1.54, 1.807) is 25.6 Å². The Labute approximate surface area is 146 Å². The van der Waals surface area contributed by atoms with Gasteiger partial charge in [-0.25, -0.2) is 0 Å². The molecular weight excluding hydrogens is 320 g/mol. The van der Waals surface area contributed by atoms with Crippen molar-refractivity contribution in [2.45, 2.75) is 25.7 Å². The lowest BCUT2D eigenvalue weighted by Gasteiger charge is -2.12. The van der Waals surface area contributed by atoms with E-state index in [0.29, 0.717) is 11.5 Å². The Hall–Kier alpha value is -2.45. The Kier molecular flexibility index (Phi) is 4.77. The number of nitriles is 1. The van der Waals surface area contributed by atoms with E-state index in [2.05, 4.69) is 18.0 Å². The van der Waals surface area contributed by atoms with Crippen LogP contribution in [0.2, 0.25) is 0 Å². The summed E-state index contributed by atoms with van der Waals surface area (Å²) in [6.45, 7) is 4.12. The van der Waals surface area contributed by atoms with Crippen LogP contribution in [-0.2, 0) is 12.8 Å². The lowest BCUT2D eigenvalue weighted by atomic mass is 9.96. The molecule has 1 aromatic carbocycles. The number of hydrogen-bond acceptors (Lipinski definition) is 5. The van der Waals surface area contributed by atoms with E-state index >= 15 is 0 Å². The topological polar surface area (TPSA) is 54.3 Å². The van der Waals surface area contributed by atoms with Crippen LogP contribution in [0.5, 0.6) is 11.5 Å². The molecule has 4 nitrogen and oxygen atoms in total. The lowest BCUT2D eigenvalue weighted by molar-refractivity contribution is 0.355. The van der Waals surface area contributed by atoms with Crippen LogP contribution >= 0.6 is 11.3 Å². The molecule has 0 unspecified atom stereocenters. The summed E-state index contributed by atoms with van der Waals surface area (Å²) < 4.78 is 10.6. The second-order valence-corrected chi connectivity index (χ2v) is 6.81. The number of benzene rings is 1. The lowest BCUT2D eigenvalue weighted by Crippen LogP contribution is -2.01. The minimum absolute atomic E-state index is 0.656.